The summed E-state index contributed by atoms with van der Waals surface area (Å²) in [7, 11) is 0. The predicted octanol–water partition coefficient (Wildman–Crippen LogP) is 16.8. The third kappa shape index (κ3) is 7.39. The van der Waals surface area contributed by atoms with Crippen molar-refractivity contribution in [2.75, 3.05) is 19.6 Å². The predicted molar refractivity (Wildman–Crippen MR) is 310 cm³/mol. The number of aryl methyl sites for hydroxylation is 7. The highest BCUT2D eigenvalue weighted by Gasteiger charge is 2.46. The first kappa shape index (κ1) is 44.2. The van der Waals surface area contributed by atoms with Crippen LogP contribution in [0.25, 0.3) is 21.9 Å². The minimum atomic E-state index is -0.186. The van der Waals surface area contributed by atoms with Crippen molar-refractivity contribution in [2.45, 2.75) is 48.5 Å². The Hall–Kier alpha value is -8.74. The van der Waals surface area contributed by atoms with E-state index in [-0.39, 0.29) is 6.71 Å². The third-order valence-corrected chi connectivity index (χ3v) is 15.0. The molecule has 13 rings (SSSR count). The SMILES string of the molecule is Cc1ccc(N(c2ccc(C)cc2)c2cc3c4c(c2)N(c2ccc(C)cc2)c2c(cc(N(c5ccc(C)cc5)c5ccc(C)cc5)c5c2oc2ccccc25)B4c2cc(C)ccc2N3c2ccc(C)cc2)cc1. The molecule has 6 heteroatoms. The zero-order valence-electron chi connectivity index (χ0n) is 42.4. The van der Waals surface area contributed by atoms with Gasteiger partial charge < -0.3 is 24.0 Å². The maximum absolute atomic E-state index is 7.45. The van der Waals surface area contributed by atoms with Crippen LogP contribution in [0.2, 0.25) is 0 Å². The van der Waals surface area contributed by atoms with Crippen LogP contribution in [0.15, 0.2) is 211 Å². The first-order valence-corrected chi connectivity index (χ1v) is 25.4. The van der Waals surface area contributed by atoms with E-state index in [0.717, 1.165) is 90.2 Å². The molecule has 11 aromatic rings. The molecule has 0 amide bonds. The highest BCUT2D eigenvalue weighted by Crippen LogP contribution is 2.53. The molecule has 0 atom stereocenters. The average molecular weight is 943 g/mol. The number of nitrogens with zero attached hydrogens (tertiary/aromatic N) is 4. The van der Waals surface area contributed by atoms with E-state index in [1.165, 1.54) is 55.3 Å². The molecule has 3 heterocycles. The van der Waals surface area contributed by atoms with Crippen LogP contribution in [0.5, 0.6) is 0 Å². The summed E-state index contributed by atoms with van der Waals surface area (Å²) in [5, 5.41) is 2.13. The van der Waals surface area contributed by atoms with E-state index in [1.807, 2.05) is 0 Å². The lowest BCUT2D eigenvalue weighted by atomic mass is 9.33. The van der Waals surface area contributed by atoms with E-state index in [0.29, 0.717) is 0 Å². The Labute approximate surface area is 428 Å². The number of anilines is 12. The van der Waals surface area contributed by atoms with Gasteiger partial charge in [-0.2, -0.15) is 0 Å². The molecule has 0 spiro atoms. The minimum Gasteiger partial charge on any atom is -0.454 e. The number of rotatable bonds is 8. The van der Waals surface area contributed by atoms with Gasteiger partial charge >= 0.3 is 0 Å². The van der Waals surface area contributed by atoms with Gasteiger partial charge in [-0.25, -0.2) is 0 Å². The van der Waals surface area contributed by atoms with Crippen LogP contribution in [0, 0.1) is 48.5 Å². The van der Waals surface area contributed by atoms with Crippen molar-refractivity contribution in [1.29, 1.82) is 0 Å². The normalized spacial score (nSPS) is 12.5. The first-order chi connectivity index (χ1) is 35.6. The van der Waals surface area contributed by atoms with Crippen molar-refractivity contribution in [3.63, 3.8) is 0 Å². The Bertz CT molecular complexity index is 3830. The van der Waals surface area contributed by atoms with Gasteiger partial charge in [-0.05, 0) is 168 Å². The van der Waals surface area contributed by atoms with Crippen molar-refractivity contribution >= 4 is 113 Å². The van der Waals surface area contributed by atoms with Gasteiger partial charge in [-0.15, -0.1) is 0 Å². The van der Waals surface area contributed by atoms with Gasteiger partial charge in [-0.3, -0.25) is 0 Å². The van der Waals surface area contributed by atoms with Crippen LogP contribution >= 0.6 is 0 Å². The molecule has 0 aliphatic carbocycles. The van der Waals surface area contributed by atoms with Gasteiger partial charge in [0.2, 0.25) is 0 Å². The molecule has 2 aliphatic rings. The summed E-state index contributed by atoms with van der Waals surface area (Å²) >= 11 is 0. The second-order valence-electron chi connectivity index (χ2n) is 20.4. The van der Waals surface area contributed by atoms with E-state index in [4.69, 9.17) is 4.42 Å². The Kier molecular flexibility index (Phi) is 10.4. The zero-order valence-corrected chi connectivity index (χ0v) is 42.4. The maximum atomic E-state index is 7.45. The number of para-hydroxylation sites is 1. The fourth-order valence-corrected chi connectivity index (χ4v) is 11.3. The van der Waals surface area contributed by atoms with Gasteiger partial charge in [0.05, 0.1) is 22.4 Å². The summed E-state index contributed by atoms with van der Waals surface area (Å²) < 4.78 is 7.45. The highest BCUT2D eigenvalue weighted by atomic mass is 16.3. The summed E-state index contributed by atoms with van der Waals surface area (Å²) in [6.45, 7) is 15.0. The second-order valence-corrected chi connectivity index (χ2v) is 20.4. The van der Waals surface area contributed by atoms with E-state index < -0.39 is 0 Å². The number of benzene rings is 10. The molecule has 10 aromatic carbocycles. The Morgan fingerprint density at radius 1 is 0.370 bits per heavy atom. The second kappa shape index (κ2) is 17.2. The summed E-state index contributed by atoms with van der Waals surface area (Å²) in [4.78, 5) is 9.89. The summed E-state index contributed by atoms with van der Waals surface area (Å²) in [6.07, 6.45) is 0. The standard InChI is InChI=1S/C67H55BN4O/c1-42-12-25-49(26-13-42)69(50-27-14-43(2)15-28-50)55-39-61-65-62(40-55)72(54-35-22-47(6)23-36-54)66-58(68(65)57-38-48(7)24-37-59(57)71(61)53-33-20-46(5)21-34-53)41-60(64-56-10-8-9-11-63(56)73-67(64)66)70(51-29-16-44(3)17-30-51)52-31-18-45(4)19-32-52/h8-41H,1-7H3. The van der Waals surface area contributed by atoms with Crippen molar-refractivity contribution < 1.29 is 4.42 Å². The molecule has 73 heavy (non-hydrogen) atoms. The Morgan fingerprint density at radius 2 is 0.808 bits per heavy atom. The molecule has 0 bridgehead atoms. The van der Waals surface area contributed by atoms with E-state index in [2.05, 4.69) is 274 Å². The number of fused-ring (bicyclic) bond motifs is 8. The lowest BCUT2D eigenvalue weighted by molar-refractivity contribution is 0.669. The van der Waals surface area contributed by atoms with Crippen LogP contribution < -0.4 is 36.0 Å². The largest absolute Gasteiger partial charge is 0.454 e. The third-order valence-electron chi connectivity index (χ3n) is 15.0. The molecule has 2 aliphatic heterocycles. The van der Waals surface area contributed by atoms with Crippen molar-refractivity contribution in [2.24, 2.45) is 0 Å². The molecule has 0 N–H and O–H groups in total. The van der Waals surface area contributed by atoms with Crippen molar-refractivity contribution in [3.05, 3.63) is 245 Å². The Balaban J connectivity index is 1.20. The van der Waals surface area contributed by atoms with Crippen LogP contribution in [0.4, 0.5) is 68.2 Å². The highest BCUT2D eigenvalue weighted by molar-refractivity contribution is 7.00. The molecule has 1 aromatic heterocycles. The molecule has 352 valence electrons. The molecule has 0 saturated carbocycles. The fraction of sp³-hybridized carbons (Fsp3) is 0.104. The van der Waals surface area contributed by atoms with E-state index in [1.54, 1.807) is 0 Å². The van der Waals surface area contributed by atoms with E-state index >= 15 is 0 Å². The summed E-state index contributed by atoms with van der Waals surface area (Å²) in [5.74, 6) is 0. The van der Waals surface area contributed by atoms with Crippen molar-refractivity contribution in [3.8, 4) is 0 Å². The monoisotopic (exact) mass is 942 g/mol. The summed E-state index contributed by atoms with van der Waals surface area (Å²) in [6, 6.07) is 76.8. The van der Waals surface area contributed by atoms with Crippen molar-refractivity contribution in [1.82, 2.24) is 0 Å². The first-order valence-electron chi connectivity index (χ1n) is 25.4. The number of hydrogen-bond acceptors (Lipinski definition) is 5. The number of furan rings is 1. The van der Waals surface area contributed by atoms with Gasteiger partial charge in [0.15, 0.2) is 5.58 Å². The molecule has 5 nitrogen and oxygen atoms in total. The average Bonchev–Trinajstić information content (AvgIpc) is 3.80. The van der Waals surface area contributed by atoms with Gasteiger partial charge in [0.25, 0.3) is 6.71 Å². The minimum absolute atomic E-state index is 0.186. The fourth-order valence-electron chi connectivity index (χ4n) is 11.3. The molecule has 0 fully saturated rings. The Morgan fingerprint density at radius 3 is 1.33 bits per heavy atom. The smallest absolute Gasteiger partial charge is 0.252 e. The molecule has 0 unspecified atom stereocenters. The molecular weight excluding hydrogens is 888 g/mol. The van der Waals surface area contributed by atoms with Crippen LogP contribution in [0.1, 0.15) is 38.9 Å². The quantitative estimate of drug-likeness (QED) is 0.141. The van der Waals surface area contributed by atoms with E-state index in [9.17, 15) is 0 Å². The zero-order chi connectivity index (χ0) is 49.6. The molecule has 0 saturated heterocycles. The molecule has 0 radical (unpaired) electrons. The van der Waals surface area contributed by atoms with Gasteiger partial charge in [0.1, 0.15) is 5.58 Å². The van der Waals surface area contributed by atoms with Crippen LogP contribution in [-0.2, 0) is 0 Å². The summed E-state index contributed by atoms with van der Waals surface area (Å²) in [5.41, 5.74) is 26.9. The van der Waals surface area contributed by atoms with Crippen LogP contribution in [-0.4, -0.2) is 6.71 Å². The van der Waals surface area contributed by atoms with Crippen LogP contribution in [0.3, 0.4) is 0 Å². The van der Waals surface area contributed by atoms with Gasteiger partial charge in [0, 0.05) is 56.6 Å². The number of hydrogen-bond donors (Lipinski definition) is 0. The van der Waals surface area contributed by atoms with Gasteiger partial charge in [-0.1, -0.05) is 142 Å². The molecular formula is C67H55BN4O. The lowest BCUT2D eigenvalue weighted by Gasteiger charge is -2.45. The topological polar surface area (TPSA) is 26.1 Å². The maximum Gasteiger partial charge on any atom is 0.252 e. The lowest BCUT2D eigenvalue weighted by Crippen LogP contribution is -2.61.